The molecule has 0 unspecified atom stereocenters. The fourth-order valence-electron chi connectivity index (χ4n) is 2.59. The number of aliphatic hydroxyl groups is 1. The van der Waals surface area contributed by atoms with E-state index in [2.05, 4.69) is 5.16 Å². The number of phenolic OH excluding ortho intramolecular Hbond substituents is 1. The lowest BCUT2D eigenvalue weighted by Crippen LogP contribution is -2.41. The Kier molecular flexibility index (Phi) is 4.49. The van der Waals surface area contributed by atoms with Crippen LogP contribution in [-0.2, 0) is 9.31 Å². The van der Waals surface area contributed by atoms with E-state index >= 15 is 0 Å². The first-order chi connectivity index (χ1) is 11.7. The van der Waals surface area contributed by atoms with Crippen molar-refractivity contribution >= 4 is 13.2 Å². The third kappa shape index (κ3) is 3.35. The summed E-state index contributed by atoms with van der Waals surface area (Å²) in [5, 5.41) is 23.5. The minimum atomic E-state index is -0.627. The predicted molar refractivity (Wildman–Crippen MR) is 94.7 cm³/mol. The molecule has 2 N–H and O–H groups in total. The summed E-state index contributed by atoms with van der Waals surface area (Å²) in [7, 11) is -0.627. The van der Waals surface area contributed by atoms with Crippen molar-refractivity contribution in [1.29, 1.82) is 0 Å². The monoisotopic (exact) mass is 343 g/mol. The second kappa shape index (κ2) is 6.33. The highest BCUT2D eigenvalue weighted by molar-refractivity contribution is 6.55. The summed E-state index contributed by atoms with van der Waals surface area (Å²) in [4.78, 5) is 0. The maximum absolute atomic E-state index is 10.0. The van der Waals surface area contributed by atoms with Gasteiger partial charge in [-0.3, -0.25) is 0 Å². The molecule has 6 nitrogen and oxygen atoms in total. The Bertz CT molecular complexity index is 767. The van der Waals surface area contributed by atoms with E-state index in [1.54, 1.807) is 30.3 Å². The Labute approximate surface area is 147 Å². The van der Waals surface area contributed by atoms with Crippen LogP contribution in [0.2, 0.25) is 0 Å². The summed E-state index contributed by atoms with van der Waals surface area (Å²) in [5.41, 5.74) is 0.950. The first kappa shape index (κ1) is 17.7. The number of hydrogen-bond donors (Lipinski definition) is 2. The molecule has 3 rings (SSSR count). The van der Waals surface area contributed by atoms with Crippen LogP contribution < -0.4 is 0 Å². The number of nitrogens with zero attached hydrogens (tertiary/aromatic N) is 1. The largest absolute Gasteiger partial charge is 0.507 e. The molecule has 0 amide bonds. The number of hydrogen-bond acceptors (Lipinski definition) is 6. The highest BCUT2D eigenvalue weighted by Gasteiger charge is 2.52. The first-order valence-corrected chi connectivity index (χ1v) is 8.14. The normalized spacial score (nSPS) is 19.4. The number of aromatic hydroxyl groups is 1. The highest BCUT2D eigenvalue weighted by atomic mass is 16.7. The van der Waals surface area contributed by atoms with Gasteiger partial charge in [0, 0.05) is 6.07 Å². The fraction of sp³-hybridized carbons (Fsp3) is 0.389. The molecule has 1 fully saturated rings. The van der Waals surface area contributed by atoms with E-state index in [0.29, 0.717) is 16.8 Å². The van der Waals surface area contributed by atoms with Gasteiger partial charge in [-0.25, -0.2) is 0 Å². The number of aromatic nitrogens is 1. The van der Waals surface area contributed by atoms with Crippen molar-refractivity contribution in [3.8, 4) is 17.1 Å². The summed E-state index contributed by atoms with van der Waals surface area (Å²) in [6.07, 6.45) is 3.31. The second-order valence-electron chi connectivity index (χ2n) is 7.12. The summed E-state index contributed by atoms with van der Waals surface area (Å²) in [5.74, 6) is 0.559. The van der Waals surface area contributed by atoms with Gasteiger partial charge in [0.15, 0.2) is 5.76 Å². The van der Waals surface area contributed by atoms with Crippen molar-refractivity contribution in [2.45, 2.75) is 38.9 Å². The van der Waals surface area contributed by atoms with Crippen LogP contribution in [0.15, 0.2) is 40.5 Å². The van der Waals surface area contributed by atoms with Gasteiger partial charge in [0.1, 0.15) is 5.75 Å². The topological polar surface area (TPSA) is 85.0 Å². The van der Waals surface area contributed by atoms with Gasteiger partial charge in [-0.15, -0.1) is 0 Å². The van der Waals surface area contributed by atoms with E-state index < -0.39 is 18.3 Å². The van der Waals surface area contributed by atoms with Crippen LogP contribution in [0.25, 0.3) is 17.4 Å². The highest BCUT2D eigenvalue weighted by Crippen LogP contribution is 2.39. The number of benzene rings is 1. The van der Waals surface area contributed by atoms with Crippen LogP contribution in [0, 0.1) is 0 Å². The smallest absolute Gasteiger partial charge is 0.492 e. The summed E-state index contributed by atoms with van der Waals surface area (Å²) in [6, 6.07) is 6.75. The van der Waals surface area contributed by atoms with Crippen molar-refractivity contribution in [2.24, 2.45) is 0 Å². The Morgan fingerprint density at radius 2 is 1.84 bits per heavy atom. The van der Waals surface area contributed by atoms with E-state index in [1.165, 1.54) is 6.20 Å². The van der Waals surface area contributed by atoms with Crippen molar-refractivity contribution in [3.63, 3.8) is 0 Å². The van der Waals surface area contributed by atoms with Gasteiger partial charge in [0.2, 0.25) is 0 Å². The predicted octanol–water partition coefficient (Wildman–Crippen LogP) is 3.05. The number of aliphatic hydroxyl groups excluding tert-OH is 1. The molecule has 1 aliphatic heterocycles. The van der Waals surface area contributed by atoms with Crippen molar-refractivity contribution in [1.82, 2.24) is 5.16 Å². The Morgan fingerprint density at radius 3 is 2.40 bits per heavy atom. The average molecular weight is 343 g/mol. The molecule has 0 bridgehead atoms. The SMILES string of the molecule is CC1(C)OB(C(=Cc2ccc(O)c(-c3ccno3)c2)CO)OC1(C)C. The maximum Gasteiger partial charge on any atom is 0.492 e. The minimum absolute atomic E-state index is 0.0927. The van der Waals surface area contributed by atoms with Gasteiger partial charge in [0.25, 0.3) is 0 Å². The van der Waals surface area contributed by atoms with Crippen molar-refractivity contribution in [2.75, 3.05) is 6.61 Å². The van der Waals surface area contributed by atoms with E-state index in [1.807, 2.05) is 27.7 Å². The molecule has 7 heteroatoms. The average Bonchev–Trinajstić information content (AvgIpc) is 3.13. The first-order valence-electron chi connectivity index (χ1n) is 8.14. The third-order valence-electron chi connectivity index (χ3n) is 4.81. The third-order valence-corrected chi connectivity index (χ3v) is 4.81. The van der Waals surface area contributed by atoms with E-state index in [-0.39, 0.29) is 12.4 Å². The molecule has 2 heterocycles. The molecular weight excluding hydrogens is 321 g/mol. The lowest BCUT2D eigenvalue weighted by molar-refractivity contribution is 0.00578. The van der Waals surface area contributed by atoms with Crippen molar-refractivity contribution in [3.05, 3.63) is 41.5 Å². The van der Waals surface area contributed by atoms with Gasteiger partial charge < -0.3 is 24.0 Å². The van der Waals surface area contributed by atoms with E-state index in [4.69, 9.17) is 13.8 Å². The fourth-order valence-corrected chi connectivity index (χ4v) is 2.59. The molecule has 0 aliphatic carbocycles. The molecule has 0 saturated carbocycles. The van der Waals surface area contributed by atoms with Crippen molar-refractivity contribution < 1.29 is 24.0 Å². The zero-order chi connectivity index (χ0) is 18.2. The summed E-state index contributed by atoms with van der Waals surface area (Å²) < 4.78 is 17.1. The zero-order valence-corrected chi connectivity index (χ0v) is 14.8. The van der Waals surface area contributed by atoms with Crippen LogP contribution in [-0.4, -0.2) is 40.3 Å². The number of rotatable bonds is 4. The van der Waals surface area contributed by atoms with E-state index in [0.717, 1.165) is 5.56 Å². The number of phenols is 1. The molecule has 2 aromatic rings. The van der Waals surface area contributed by atoms with Crippen LogP contribution in [0.3, 0.4) is 0 Å². The maximum atomic E-state index is 10.0. The molecule has 132 valence electrons. The lowest BCUT2D eigenvalue weighted by atomic mass is 9.77. The van der Waals surface area contributed by atoms with Gasteiger partial charge in [-0.2, -0.15) is 0 Å². The zero-order valence-electron chi connectivity index (χ0n) is 14.8. The van der Waals surface area contributed by atoms with Crippen LogP contribution in [0.5, 0.6) is 5.75 Å². The molecule has 1 aromatic carbocycles. The summed E-state index contributed by atoms with van der Waals surface area (Å²) >= 11 is 0. The molecule has 1 aliphatic rings. The van der Waals surface area contributed by atoms with Crippen LogP contribution in [0.1, 0.15) is 33.3 Å². The molecular formula is C18H22BNO5. The van der Waals surface area contributed by atoms with Gasteiger partial charge >= 0.3 is 7.12 Å². The van der Waals surface area contributed by atoms with Gasteiger partial charge in [-0.05, 0) is 50.9 Å². The van der Waals surface area contributed by atoms with E-state index in [9.17, 15) is 10.2 Å². The molecule has 1 saturated heterocycles. The molecule has 0 atom stereocenters. The van der Waals surface area contributed by atoms with Crippen LogP contribution in [0.4, 0.5) is 0 Å². The molecule has 0 radical (unpaired) electrons. The second-order valence-corrected chi connectivity index (χ2v) is 7.12. The Hall–Kier alpha value is -2.09. The standard InChI is InChI=1S/C18H22BNO5/c1-17(2)18(3,4)25-19(24-17)13(11-21)9-12-5-6-15(22)14(10-12)16-7-8-20-23-16/h5-10,21-22H,11H2,1-4H3. The van der Waals surface area contributed by atoms with Gasteiger partial charge in [-0.1, -0.05) is 17.3 Å². The quantitative estimate of drug-likeness (QED) is 0.830. The van der Waals surface area contributed by atoms with Crippen LogP contribution >= 0.6 is 0 Å². The molecule has 1 aromatic heterocycles. The molecule has 0 spiro atoms. The Balaban J connectivity index is 1.92. The summed E-state index contributed by atoms with van der Waals surface area (Å²) in [6.45, 7) is 7.65. The molecule has 25 heavy (non-hydrogen) atoms. The van der Waals surface area contributed by atoms with Gasteiger partial charge in [0.05, 0.1) is 29.6 Å². The Morgan fingerprint density at radius 1 is 1.16 bits per heavy atom. The lowest BCUT2D eigenvalue weighted by Gasteiger charge is -2.32. The minimum Gasteiger partial charge on any atom is -0.507 e.